The summed E-state index contributed by atoms with van der Waals surface area (Å²) in [5, 5.41) is 0. The highest BCUT2D eigenvalue weighted by Gasteiger charge is 2.29. The lowest BCUT2D eigenvalue weighted by Gasteiger charge is -2.31. The van der Waals surface area contributed by atoms with Crippen molar-refractivity contribution >= 4 is 5.91 Å². The Hall–Kier alpha value is -2.13. The Morgan fingerprint density at radius 3 is 2.08 bits per heavy atom. The Balaban J connectivity index is 1.48. The number of carbonyl (C=O) groups is 1. The zero-order chi connectivity index (χ0) is 16.8. The Morgan fingerprint density at radius 1 is 0.958 bits per heavy atom. The topological polar surface area (TPSA) is 24.8 Å². The molecule has 2 aromatic carbocycles. The average molecular weight is 323 g/mol. The van der Waals surface area contributed by atoms with Gasteiger partial charge >= 0.3 is 0 Å². The number of likely N-dealkylation sites (tertiary alicyclic amines) is 1. The van der Waals surface area contributed by atoms with Gasteiger partial charge in [-0.15, -0.1) is 0 Å². The molecule has 24 heavy (non-hydrogen) atoms. The van der Waals surface area contributed by atoms with E-state index in [1.165, 1.54) is 11.1 Å². The first-order valence-corrected chi connectivity index (χ1v) is 8.89. The van der Waals surface area contributed by atoms with Crippen LogP contribution in [0.2, 0.25) is 0 Å². The minimum Gasteiger partial charge on any atom is -0.341 e. The molecular formula is C21H27N2O+. The molecule has 1 fully saturated rings. The number of carbonyl (C=O) groups excluding carboxylic acids is 1. The fourth-order valence-corrected chi connectivity index (χ4v) is 3.58. The third kappa shape index (κ3) is 4.45. The average Bonchev–Trinajstić information content (AvgIpc) is 2.63. The Bertz CT molecular complexity index is 633. The van der Waals surface area contributed by atoms with Gasteiger partial charge in [0.05, 0.1) is 13.1 Å². The van der Waals surface area contributed by atoms with Gasteiger partial charge in [-0.1, -0.05) is 60.7 Å². The largest absolute Gasteiger partial charge is 0.341 e. The van der Waals surface area contributed by atoms with Gasteiger partial charge < -0.3 is 9.80 Å². The summed E-state index contributed by atoms with van der Waals surface area (Å²) in [5.74, 6) is 0.496. The number of piperidine rings is 1. The molecule has 3 nitrogen and oxygen atoms in total. The molecule has 0 spiro atoms. The number of benzene rings is 2. The molecule has 0 saturated carbocycles. The highest BCUT2D eigenvalue weighted by Crippen LogP contribution is 2.15. The van der Waals surface area contributed by atoms with E-state index in [-0.39, 0.29) is 5.92 Å². The number of hydrogen-bond acceptors (Lipinski definition) is 1. The van der Waals surface area contributed by atoms with Gasteiger partial charge in [0.15, 0.2) is 0 Å². The van der Waals surface area contributed by atoms with E-state index in [9.17, 15) is 4.79 Å². The molecule has 0 bridgehead atoms. The van der Waals surface area contributed by atoms with E-state index in [0.717, 1.165) is 32.5 Å². The summed E-state index contributed by atoms with van der Waals surface area (Å²) in [6, 6.07) is 20.9. The summed E-state index contributed by atoms with van der Waals surface area (Å²) in [4.78, 5) is 16.2. The van der Waals surface area contributed by atoms with Crippen LogP contribution in [-0.2, 0) is 17.9 Å². The summed E-state index contributed by atoms with van der Waals surface area (Å²) < 4.78 is 0. The van der Waals surface area contributed by atoms with Gasteiger partial charge in [-0.05, 0) is 5.56 Å². The molecule has 1 aliphatic heterocycles. The number of nitrogens with one attached hydrogen (secondary N) is 1. The second kappa shape index (κ2) is 8.11. The SMILES string of the molecule is CN(Cc1ccccc1)C(=O)C1CC[NH+](Cc2ccccc2)CC1. The molecule has 1 aliphatic rings. The van der Waals surface area contributed by atoms with E-state index < -0.39 is 0 Å². The fourth-order valence-electron chi connectivity index (χ4n) is 3.58. The third-order valence-corrected chi connectivity index (χ3v) is 4.98. The monoisotopic (exact) mass is 323 g/mol. The van der Waals surface area contributed by atoms with E-state index >= 15 is 0 Å². The van der Waals surface area contributed by atoms with Crippen molar-refractivity contribution < 1.29 is 9.69 Å². The molecule has 1 amide bonds. The van der Waals surface area contributed by atoms with Crippen molar-refractivity contribution in [3.05, 3.63) is 71.8 Å². The molecule has 1 heterocycles. The maximum atomic E-state index is 12.7. The van der Waals surface area contributed by atoms with Gasteiger partial charge in [0, 0.05) is 37.9 Å². The standard InChI is InChI=1S/C21H26N2O/c1-22(16-18-8-4-2-5-9-18)21(24)20-12-14-23(15-13-20)17-19-10-6-3-7-11-19/h2-11,20H,12-17H2,1H3/p+1. The highest BCUT2D eigenvalue weighted by molar-refractivity contribution is 5.78. The number of quaternary nitrogens is 1. The van der Waals surface area contributed by atoms with Gasteiger partial charge in [-0.25, -0.2) is 0 Å². The minimum atomic E-state index is 0.193. The Labute approximate surface area is 144 Å². The first-order chi connectivity index (χ1) is 11.7. The lowest BCUT2D eigenvalue weighted by atomic mass is 9.95. The molecule has 1 N–H and O–H groups in total. The number of rotatable bonds is 5. The van der Waals surface area contributed by atoms with Crippen LogP contribution in [-0.4, -0.2) is 30.9 Å². The van der Waals surface area contributed by atoms with Crippen molar-refractivity contribution in [1.29, 1.82) is 0 Å². The molecule has 0 atom stereocenters. The Kier molecular flexibility index (Phi) is 5.65. The molecule has 0 radical (unpaired) electrons. The molecule has 126 valence electrons. The van der Waals surface area contributed by atoms with Gasteiger partial charge in [0.1, 0.15) is 6.54 Å². The van der Waals surface area contributed by atoms with Crippen LogP contribution >= 0.6 is 0 Å². The first-order valence-electron chi connectivity index (χ1n) is 8.89. The fraction of sp³-hybridized carbons (Fsp3) is 0.381. The van der Waals surface area contributed by atoms with Crippen molar-refractivity contribution in [2.75, 3.05) is 20.1 Å². The maximum absolute atomic E-state index is 12.7. The molecule has 0 aromatic heterocycles. The van der Waals surface area contributed by atoms with Crippen LogP contribution in [0, 0.1) is 5.92 Å². The van der Waals surface area contributed by atoms with E-state index in [4.69, 9.17) is 0 Å². The molecular weight excluding hydrogens is 296 g/mol. The number of amides is 1. The molecule has 2 aromatic rings. The molecule has 3 rings (SSSR count). The summed E-state index contributed by atoms with van der Waals surface area (Å²) in [6.07, 6.45) is 2.00. The lowest BCUT2D eigenvalue weighted by molar-refractivity contribution is -0.919. The molecule has 0 unspecified atom stereocenters. The van der Waals surface area contributed by atoms with Crippen LogP contribution in [0.15, 0.2) is 60.7 Å². The predicted octanol–water partition coefficient (Wildman–Crippen LogP) is 2.14. The first kappa shape index (κ1) is 16.7. The van der Waals surface area contributed by atoms with Crippen LogP contribution in [0.1, 0.15) is 24.0 Å². The van der Waals surface area contributed by atoms with E-state index in [1.807, 2.05) is 30.1 Å². The summed E-state index contributed by atoms with van der Waals surface area (Å²) in [6.45, 7) is 3.95. The second-order valence-corrected chi connectivity index (χ2v) is 6.87. The quantitative estimate of drug-likeness (QED) is 0.896. The normalized spacial score (nSPS) is 20.5. The zero-order valence-electron chi connectivity index (χ0n) is 14.4. The molecule has 1 saturated heterocycles. The van der Waals surface area contributed by atoms with E-state index in [1.54, 1.807) is 4.90 Å². The Morgan fingerprint density at radius 2 is 1.50 bits per heavy atom. The van der Waals surface area contributed by atoms with Crippen molar-refractivity contribution in [2.45, 2.75) is 25.9 Å². The summed E-state index contributed by atoms with van der Waals surface area (Å²) >= 11 is 0. The summed E-state index contributed by atoms with van der Waals surface area (Å²) in [7, 11) is 1.93. The highest BCUT2D eigenvalue weighted by atomic mass is 16.2. The van der Waals surface area contributed by atoms with Crippen LogP contribution in [0.4, 0.5) is 0 Å². The van der Waals surface area contributed by atoms with Crippen LogP contribution in [0.5, 0.6) is 0 Å². The number of nitrogens with zero attached hydrogens (tertiary/aromatic N) is 1. The van der Waals surface area contributed by atoms with Crippen LogP contribution in [0.25, 0.3) is 0 Å². The minimum absolute atomic E-state index is 0.193. The van der Waals surface area contributed by atoms with Crippen LogP contribution < -0.4 is 4.90 Å². The lowest BCUT2D eigenvalue weighted by Crippen LogP contribution is -3.11. The number of hydrogen-bond donors (Lipinski definition) is 1. The van der Waals surface area contributed by atoms with Gasteiger partial charge in [0.25, 0.3) is 0 Å². The maximum Gasteiger partial charge on any atom is 0.226 e. The zero-order valence-corrected chi connectivity index (χ0v) is 14.4. The van der Waals surface area contributed by atoms with E-state index in [0.29, 0.717) is 12.5 Å². The predicted molar refractivity (Wildman–Crippen MR) is 96.5 cm³/mol. The van der Waals surface area contributed by atoms with Crippen molar-refractivity contribution in [2.24, 2.45) is 5.92 Å². The van der Waals surface area contributed by atoms with Crippen LogP contribution in [0.3, 0.4) is 0 Å². The summed E-state index contributed by atoms with van der Waals surface area (Å²) in [5.41, 5.74) is 2.58. The van der Waals surface area contributed by atoms with Crippen molar-refractivity contribution in [1.82, 2.24) is 4.90 Å². The smallest absolute Gasteiger partial charge is 0.226 e. The van der Waals surface area contributed by atoms with Crippen molar-refractivity contribution in [3.8, 4) is 0 Å². The second-order valence-electron chi connectivity index (χ2n) is 6.87. The van der Waals surface area contributed by atoms with Crippen molar-refractivity contribution in [3.63, 3.8) is 0 Å². The molecule has 0 aliphatic carbocycles. The van der Waals surface area contributed by atoms with Gasteiger partial charge in [-0.2, -0.15) is 0 Å². The van der Waals surface area contributed by atoms with Gasteiger partial charge in [0.2, 0.25) is 5.91 Å². The third-order valence-electron chi connectivity index (χ3n) is 4.98. The van der Waals surface area contributed by atoms with Gasteiger partial charge in [-0.3, -0.25) is 4.79 Å². The molecule has 3 heteroatoms. The van der Waals surface area contributed by atoms with E-state index in [2.05, 4.69) is 42.5 Å².